The molecule has 1 heterocycles. The zero-order valence-corrected chi connectivity index (χ0v) is 11.5. The van der Waals surface area contributed by atoms with Crippen LogP contribution in [0.1, 0.15) is 4.88 Å². The van der Waals surface area contributed by atoms with Crippen molar-refractivity contribution in [3.63, 3.8) is 0 Å². The summed E-state index contributed by atoms with van der Waals surface area (Å²) in [5, 5.41) is 10.7. The molecule has 2 rings (SSSR count). The van der Waals surface area contributed by atoms with E-state index >= 15 is 0 Å². The lowest BCUT2D eigenvalue weighted by Crippen LogP contribution is -1.96. The molecule has 0 aliphatic carbocycles. The summed E-state index contributed by atoms with van der Waals surface area (Å²) in [5.41, 5.74) is 6.43. The van der Waals surface area contributed by atoms with E-state index in [0.717, 1.165) is 16.6 Å². The first-order valence-corrected chi connectivity index (χ1v) is 7.12. The van der Waals surface area contributed by atoms with Crippen LogP contribution in [-0.4, -0.2) is 5.12 Å². The van der Waals surface area contributed by atoms with Crippen LogP contribution in [0.5, 0.6) is 0 Å². The average molecular weight is 286 g/mol. The van der Waals surface area contributed by atoms with Gasteiger partial charge in [-0.05, 0) is 41.4 Å². The fourth-order valence-corrected chi connectivity index (χ4v) is 2.78. The number of nitrogens with zero attached hydrogens (tertiary/aromatic N) is 1. The third-order valence-corrected chi connectivity index (χ3v) is 4.11. The van der Waals surface area contributed by atoms with Crippen LogP contribution in [0.3, 0.4) is 0 Å². The molecule has 2 N–H and O–H groups in total. The number of nitrogens with two attached hydrogens (primary N) is 1. The second-order valence-electron chi connectivity index (χ2n) is 3.61. The minimum atomic E-state index is -0.297. The number of thiophene rings is 1. The maximum atomic E-state index is 12.0. The lowest BCUT2D eigenvalue weighted by molar-refractivity contribution is -0.107. The van der Waals surface area contributed by atoms with Gasteiger partial charge in [-0.25, -0.2) is 0 Å². The number of para-hydroxylation sites is 1. The van der Waals surface area contributed by atoms with Gasteiger partial charge in [0.05, 0.1) is 0 Å². The number of nitrogen functional groups attached to an aromatic ring is 1. The van der Waals surface area contributed by atoms with Crippen LogP contribution in [0.25, 0.3) is 6.08 Å². The number of hydrogen-bond acceptors (Lipinski definition) is 5. The largest absolute Gasteiger partial charge is 0.398 e. The van der Waals surface area contributed by atoms with E-state index in [1.807, 2.05) is 23.6 Å². The Labute approximate surface area is 119 Å². The van der Waals surface area contributed by atoms with Crippen molar-refractivity contribution < 1.29 is 4.79 Å². The van der Waals surface area contributed by atoms with E-state index in [1.165, 1.54) is 11.3 Å². The number of anilines is 1. The van der Waals surface area contributed by atoms with E-state index in [4.69, 9.17) is 11.0 Å². The van der Waals surface area contributed by atoms with E-state index in [1.54, 1.807) is 30.3 Å². The fourth-order valence-electron chi connectivity index (χ4n) is 1.38. The molecule has 0 unspecified atom stereocenters. The Morgan fingerprint density at radius 1 is 1.32 bits per heavy atom. The Kier molecular flexibility index (Phi) is 4.39. The zero-order chi connectivity index (χ0) is 13.7. The second kappa shape index (κ2) is 6.23. The van der Waals surface area contributed by atoms with E-state index in [0.29, 0.717) is 10.6 Å². The highest BCUT2D eigenvalue weighted by Gasteiger charge is 2.13. The van der Waals surface area contributed by atoms with Gasteiger partial charge >= 0.3 is 0 Å². The minimum absolute atomic E-state index is 0.121. The van der Waals surface area contributed by atoms with Crippen LogP contribution in [0.15, 0.2) is 52.2 Å². The van der Waals surface area contributed by atoms with E-state index < -0.39 is 0 Å². The molecular formula is C14H10N2OS2. The molecule has 19 heavy (non-hydrogen) atoms. The summed E-state index contributed by atoms with van der Waals surface area (Å²) in [5.74, 6) is 0. The molecule has 0 saturated heterocycles. The summed E-state index contributed by atoms with van der Waals surface area (Å²) in [6.45, 7) is 0. The van der Waals surface area contributed by atoms with Crippen LogP contribution in [-0.2, 0) is 4.79 Å². The van der Waals surface area contributed by atoms with Crippen LogP contribution in [0.2, 0.25) is 0 Å². The van der Waals surface area contributed by atoms with Crippen LogP contribution >= 0.6 is 23.1 Å². The van der Waals surface area contributed by atoms with Crippen molar-refractivity contribution in [2.24, 2.45) is 0 Å². The molecule has 1 aromatic carbocycles. The zero-order valence-electron chi connectivity index (χ0n) is 9.87. The Morgan fingerprint density at radius 2 is 2.11 bits per heavy atom. The maximum Gasteiger partial charge on any atom is 0.234 e. The Balaban J connectivity index is 2.19. The van der Waals surface area contributed by atoms with E-state index in [9.17, 15) is 4.79 Å². The predicted molar refractivity (Wildman–Crippen MR) is 79.6 cm³/mol. The summed E-state index contributed by atoms with van der Waals surface area (Å²) >= 11 is 2.45. The maximum absolute atomic E-state index is 12.0. The SMILES string of the molecule is N#C/C(=C/c1cccs1)C(=O)Sc1ccccc1N. The standard InChI is InChI=1S/C14H10N2OS2/c15-9-10(8-11-4-3-7-18-11)14(17)19-13-6-2-1-5-12(13)16/h1-8H,16H2/b10-8-. The minimum Gasteiger partial charge on any atom is -0.398 e. The molecular weight excluding hydrogens is 276 g/mol. The smallest absolute Gasteiger partial charge is 0.234 e. The molecule has 3 nitrogen and oxygen atoms in total. The molecule has 5 heteroatoms. The average Bonchev–Trinajstić information content (AvgIpc) is 2.91. The van der Waals surface area contributed by atoms with Gasteiger partial charge in [0.15, 0.2) is 0 Å². The highest BCUT2D eigenvalue weighted by molar-refractivity contribution is 8.14. The van der Waals surface area contributed by atoms with Gasteiger partial charge in [0.1, 0.15) is 11.6 Å². The molecule has 0 bridgehead atoms. The van der Waals surface area contributed by atoms with Crippen molar-refractivity contribution in [1.82, 2.24) is 0 Å². The first-order valence-electron chi connectivity index (χ1n) is 5.42. The molecule has 0 spiro atoms. The first kappa shape index (κ1) is 13.4. The number of nitriles is 1. The van der Waals surface area contributed by atoms with Crippen molar-refractivity contribution in [2.45, 2.75) is 4.90 Å². The number of carbonyl (C=O) groups excluding carboxylic acids is 1. The summed E-state index contributed by atoms with van der Waals surface area (Å²) in [4.78, 5) is 13.6. The van der Waals surface area contributed by atoms with Gasteiger partial charge in [-0.1, -0.05) is 18.2 Å². The van der Waals surface area contributed by atoms with Gasteiger partial charge in [0, 0.05) is 15.5 Å². The quantitative estimate of drug-likeness (QED) is 0.405. The molecule has 0 radical (unpaired) electrons. The number of thioether (sulfide) groups is 1. The molecule has 0 aliphatic rings. The molecule has 0 amide bonds. The van der Waals surface area contributed by atoms with Gasteiger partial charge < -0.3 is 5.73 Å². The Hall–Kier alpha value is -2.03. The van der Waals surface area contributed by atoms with Gasteiger partial charge in [0.25, 0.3) is 0 Å². The van der Waals surface area contributed by atoms with Gasteiger partial charge in [-0.2, -0.15) is 5.26 Å². The highest BCUT2D eigenvalue weighted by atomic mass is 32.2. The van der Waals surface area contributed by atoms with Crippen molar-refractivity contribution in [2.75, 3.05) is 5.73 Å². The summed E-state index contributed by atoms with van der Waals surface area (Å²) in [6.07, 6.45) is 1.60. The lowest BCUT2D eigenvalue weighted by atomic mass is 10.3. The highest BCUT2D eigenvalue weighted by Crippen LogP contribution is 2.28. The number of rotatable bonds is 3. The Morgan fingerprint density at radius 3 is 2.74 bits per heavy atom. The molecule has 0 fully saturated rings. The van der Waals surface area contributed by atoms with Gasteiger partial charge in [0.2, 0.25) is 5.12 Å². The molecule has 94 valence electrons. The summed E-state index contributed by atoms with van der Waals surface area (Å²) in [7, 11) is 0. The van der Waals surface area contributed by atoms with Crippen molar-refractivity contribution in [3.8, 4) is 6.07 Å². The fraction of sp³-hybridized carbons (Fsp3) is 0. The monoisotopic (exact) mass is 286 g/mol. The van der Waals surface area contributed by atoms with Crippen molar-refractivity contribution >= 4 is 40.0 Å². The topological polar surface area (TPSA) is 66.9 Å². The van der Waals surface area contributed by atoms with E-state index in [-0.39, 0.29) is 10.7 Å². The first-order chi connectivity index (χ1) is 9.20. The van der Waals surface area contributed by atoms with Crippen LogP contribution in [0, 0.1) is 11.3 Å². The normalized spacial score (nSPS) is 11.0. The van der Waals surface area contributed by atoms with Crippen molar-refractivity contribution in [1.29, 1.82) is 5.26 Å². The molecule has 0 aliphatic heterocycles. The third kappa shape index (κ3) is 3.47. The second-order valence-corrected chi connectivity index (χ2v) is 5.61. The van der Waals surface area contributed by atoms with Gasteiger partial charge in [-0.15, -0.1) is 11.3 Å². The molecule has 2 aromatic rings. The summed E-state index contributed by atoms with van der Waals surface area (Å²) in [6, 6.07) is 12.8. The van der Waals surface area contributed by atoms with Crippen LogP contribution in [0.4, 0.5) is 5.69 Å². The lowest BCUT2D eigenvalue weighted by Gasteiger charge is -2.02. The summed E-state index contributed by atoms with van der Waals surface area (Å²) < 4.78 is 0. The van der Waals surface area contributed by atoms with Crippen molar-refractivity contribution in [3.05, 3.63) is 52.2 Å². The van der Waals surface area contributed by atoms with Gasteiger partial charge in [-0.3, -0.25) is 4.79 Å². The molecule has 0 atom stereocenters. The number of hydrogen-bond donors (Lipinski definition) is 1. The molecule has 1 aromatic heterocycles. The number of benzene rings is 1. The molecule has 0 saturated carbocycles. The predicted octanol–water partition coefficient (Wildman–Crippen LogP) is 3.56. The van der Waals surface area contributed by atoms with E-state index in [2.05, 4.69) is 0 Å². The van der Waals surface area contributed by atoms with Crippen LogP contribution < -0.4 is 5.73 Å². The number of carbonyl (C=O) groups is 1. The Bertz CT molecular complexity index is 654. The third-order valence-electron chi connectivity index (χ3n) is 2.29.